The zero-order valence-electron chi connectivity index (χ0n) is 11.3. The molecule has 1 aromatic heterocycles. The number of carbonyl (C=O) groups is 1. The summed E-state index contributed by atoms with van der Waals surface area (Å²) in [5.74, 6) is -2.20. The van der Waals surface area contributed by atoms with E-state index in [0.717, 1.165) is 0 Å². The van der Waals surface area contributed by atoms with E-state index >= 15 is 0 Å². The van der Waals surface area contributed by atoms with Gasteiger partial charge in [-0.25, -0.2) is 0 Å². The van der Waals surface area contributed by atoms with Gasteiger partial charge in [0, 0.05) is 0 Å². The van der Waals surface area contributed by atoms with Gasteiger partial charge in [-0.05, 0) is 26.0 Å². The normalized spacial score (nSPS) is 14.0. The molecule has 0 aliphatic heterocycles. The minimum atomic E-state index is -3.88. The molecule has 1 N–H and O–H groups in total. The van der Waals surface area contributed by atoms with Gasteiger partial charge in [0.25, 0.3) is 5.91 Å². The maximum Gasteiger partial charge on any atom is 0.357 e. The number of halogens is 3. The lowest BCUT2D eigenvalue weighted by molar-refractivity contribution is 0.0910. The van der Waals surface area contributed by atoms with Crippen LogP contribution in [0.3, 0.4) is 0 Å². The van der Waals surface area contributed by atoms with Crippen LogP contribution in [-0.4, -0.2) is 28.7 Å². The third-order valence-electron chi connectivity index (χ3n) is 2.26. The molecule has 0 radical (unpaired) electrons. The van der Waals surface area contributed by atoms with E-state index in [2.05, 4.69) is 5.32 Å². The number of hydrogen-bond donors (Lipinski definition) is 1. The second kappa shape index (κ2) is 7.86. The Hall–Kier alpha value is -0.230. The Kier molecular flexibility index (Phi) is 7.04. The van der Waals surface area contributed by atoms with E-state index in [4.69, 9.17) is 48.3 Å². The van der Waals surface area contributed by atoms with Gasteiger partial charge in [-0.15, -0.1) is 0 Å². The third kappa shape index (κ3) is 5.16. The second-order valence-corrected chi connectivity index (χ2v) is 8.25. The van der Waals surface area contributed by atoms with Crippen LogP contribution >= 0.6 is 42.4 Å². The van der Waals surface area contributed by atoms with Crippen LogP contribution in [0, 0.1) is 0 Å². The molecule has 1 aromatic rings. The SMILES string of the molecule is CCOP(=O)(OCC)[C@H](NC(=O)c1ccco1)C(Cl)(Cl)Cl. The fourth-order valence-electron chi connectivity index (χ4n) is 1.49. The van der Waals surface area contributed by atoms with Crippen LogP contribution in [0.4, 0.5) is 0 Å². The molecule has 0 saturated heterocycles. The van der Waals surface area contributed by atoms with Crippen molar-refractivity contribution in [2.75, 3.05) is 13.2 Å². The van der Waals surface area contributed by atoms with Gasteiger partial charge < -0.3 is 18.8 Å². The molecule has 1 rings (SSSR count). The van der Waals surface area contributed by atoms with Gasteiger partial charge in [-0.3, -0.25) is 9.36 Å². The topological polar surface area (TPSA) is 77.8 Å². The number of amides is 1. The van der Waals surface area contributed by atoms with Crippen LogP contribution in [0.2, 0.25) is 0 Å². The Morgan fingerprint density at radius 2 is 1.95 bits per heavy atom. The van der Waals surface area contributed by atoms with Crippen LogP contribution in [0.1, 0.15) is 24.4 Å². The minimum absolute atomic E-state index is 0.0196. The third-order valence-corrected chi connectivity index (χ3v) is 5.75. The summed E-state index contributed by atoms with van der Waals surface area (Å²) in [4.78, 5) is 12.0. The first-order valence-electron chi connectivity index (χ1n) is 6.04. The number of rotatable bonds is 7. The minimum Gasteiger partial charge on any atom is -0.459 e. The first kappa shape index (κ1) is 18.8. The molecule has 0 aromatic carbocycles. The van der Waals surface area contributed by atoms with Crippen LogP contribution in [0.25, 0.3) is 0 Å². The van der Waals surface area contributed by atoms with E-state index in [1.165, 1.54) is 18.4 Å². The van der Waals surface area contributed by atoms with E-state index in [-0.39, 0.29) is 19.0 Å². The molecule has 0 bridgehead atoms. The highest BCUT2D eigenvalue weighted by Crippen LogP contribution is 2.58. The van der Waals surface area contributed by atoms with Crippen molar-refractivity contribution in [2.24, 2.45) is 0 Å². The average Bonchev–Trinajstić information content (AvgIpc) is 2.88. The van der Waals surface area contributed by atoms with Crippen LogP contribution < -0.4 is 5.32 Å². The monoisotopic (exact) mass is 377 g/mol. The molecule has 1 amide bonds. The van der Waals surface area contributed by atoms with Crippen molar-refractivity contribution < 1.29 is 22.8 Å². The summed E-state index contributed by atoms with van der Waals surface area (Å²) in [5.41, 5.74) is 0. The Balaban J connectivity index is 3.05. The summed E-state index contributed by atoms with van der Waals surface area (Å²) in [6.45, 7) is 3.33. The highest BCUT2D eigenvalue weighted by atomic mass is 35.6. The molecule has 0 aliphatic rings. The predicted octanol–water partition coefficient (Wildman–Crippen LogP) is 3.97. The maximum absolute atomic E-state index is 12.7. The Morgan fingerprint density at radius 1 is 1.38 bits per heavy atom. The van der Waals surface area contributed by atoms with Crippen molar-refractivity contribution in [3.63, 3.8) is 0 Å². The molecule has 120 valence electrons. The van der Waals surface area contributed by atoms with Gasteiger partial charge in [0.05, 0.1) is 19.5 Å². The summed E-state index contributed by atoms with van der Waals surface area (Å²) >= 11 is 17.4. The quantitative estimate of drug-likeness (QED) is 0.574. The molecule has 0 aliphatic carbocycles. The van der Waals surface area contributed by atoms with E-state index in [9.17, 15) is 9.36 Å². The molecule has 0 unspecified atom stereocenters. The number of carbonyl (C=O) groups excluding carboxylic acids is 1. The lowest BCUT2D eigenvalue weighted by atomic mass is 10.4. The van der Waals surface area contributed by atoms with Gasteiger partial charge >= 0.3 is 7.60 Å². The molecule has 1 atom stereocenters. The van der Waals surface area contributed by atoms with Gasteiger partial charge in [-0.1, -0.05) is 34.8 Å². The Bertz CT molecular complexity index is 492. The molecule has 0 saturated carbocycles. The van der Waals surface area contributed by atoms with Crippen molar-refractivity contribution in [3.05, 3.63) is 24.2 Å². The zero-order chi connectivity index (χ0) is 16.1. The number of furan rings is 1. The maximum atomic E-state index is 12.7. The molecule has 1 heterocycles. The van der Waals surface area contributed by atoms with Crippen molar-refractivity contribution in [3.8, 4) is 0 Å². The molecule has 21 heavy (non-hydrogen) atoms. The van der Waals surface area contributed by atoms with Crippen molar-refractivity contribution in [1.82, 2.24) is 5.32 Å². The van der Waals surface area contributed by atoms with Gasteiger partial charge in [0.1, 0.15) is 0 Å². The molecular weight excluding hydrogens is 363 g/mol. The molecule has 0 fully saturated rings. The van der Waals surface area contributed by atoms with Gasteiger partial charge in [-0.2, -0.15) is 0 Å². The molecule has 0 spiro atoms. The summed E-state index contributed by atoms with van der Waals surface area (Å²) in [7, 11) is -3.88. The lowest BCUT2D eigenvalue weighted by Crippen LogP contribution is -2.44. The zero-order valence-corrected chi connectivity index (χ0v) is 14.5. The van der Waals surface area contributed by atoms with Crippen LogP contribution in [0.5, 0.6) is 0 Å². The summed E-state index contributed by atoms with van der Waals surface area (Å²) < 4.78 is 25.8. The van der Waals surface area contributed by atoms with Crippen molar-refractivity contribution in [2.45, 2.75) is 23.4 Å². The van der Waals surface area contributed by atoms with E-state index in [0.29, 0.717) is 0 Å². The van der Waals surface area contributed by atoms with Gasteiger partial charge in [0.15, 0.2) is 11.5 Å². The van der Waals surface area contributed by atoms with Crippen molar-refractivity contribution in [1.29, 1.82) is 0 Å². The average molecular weight is 379 g/mol. The highest BCUT2D eigenvalue weighted by Gasteiger charge is 2.50. The summed E-state index contributed by atoms with van der Waals surface area (Å²) in [6.07, 6.45) is 1.31. The predicted molar refractivity (Wildman–Crippen MR) is 81.1 cm³/mol. The molecule has 6 nitrogen and oxygen atoms in total. The first-order valence-corrected chi connectivity index (χ1v) is 8.79. The smallest absolute Gasteiger partial charge is 0.357 e. The Morgan fingerprint density at radius 3 is 2.33 bits per heavy atom. The summed E-state index contributed by atoms with van der Waals surface area (Å²) in [5, 5.41) is 2.33. The fraction of sp³-hybridized carbons (Fsp3) is 0.545. The van der Waals surface area contributed by atoms with E-state index in [1.54, 1.807) is 13.8 Å². The van der Waals surface area contributed by atoms with Gasteiger partial charge in [0.2, 0.25) is 3.79 Å². The largest absolute Gasteiger partial charge is 0.459 e. The lowest BCUT2D eigenvalue weighted by Gasteiger charge is -2.31. The van der Waals surface area contributed by atoms with Crippen molar-refractivity contribution >= 4 is 48.3 Å². The molecule has 10 heteroatoms. The molecular formula is C11H15Cl3NO5P. The first-order chi connectivity index (χ1) is 9.74. The number of hydrogen-bond acceptors (Lipinski definition) is 5. The van der Waals surface area contributed by atoms with Crippen LogP contribution in [-0.2, 0) is 13.6 Å². The van der Waals surface area contributed by atoms with E-state index in [1.807, 2.05) is 0 Å². The second-order valence-electron chi connectivity index (χ2n) is 3.77. The number of nitrogens with one attached hydrogen (secondary N) is 1. The summed E-state index contributed by atoms with van der Waals surface area (Å²) in [6, 6.07) is 2.93. The van der Waals surface area contributed by atoms with Crippen LogP contribution in [0.15, 0.2) is 22.8 Å². The fourth-order valence-corrected chi connectivity index (χ4v) is 4.46. The highest BCUT2D eigenvalue weighted by molar-refractivity contribution is 7.55. The standard InChI is InChI=1S/C11H15Cl3NO5P/c1-3-19-21(17,20-4-2)10(11(12,13)14)15-9(16)8-6-5-7-18-8/h5-7,10H,3-4H2,1-2H3,(H,15,16)/t10-/m0/s1. The van der Waals surface area contributed by atoms with E-state index < -0.39 is 23.1 Å². The number of alkyl halides is 3. The Labute approximate surface area is 137 Å².